The van der Waals surface area contributed by atoms with Crippen LogP contribution in [-0.2, 0) is 4.79 Å². The molecule has 0 aliphatic rings. The summed E-state index contributed by atoms with van der Waals surface area (Å²) in [6, 6.07) is 2.81. The van der Waals surface area contributed by atoms with E-state index in [0.29, 0.717) is 0 Å². The van der Waals surface area contributed by atoms with E-state index in [1.165, 1.54) is 6.92 Å². The summed E-state index contributed by atoms with van der Waals surface area (Å²) >= 11 is 0. The molecule has 8 nitrogen and oxygen atoms in total. The lowest BCUT2D eigenvalue weighted by Gasteiger charge is -2.02. The number of nitro benzene ring substituents is 2. The lowest BCUT2D eigenvalue weighted by molar-refractivity contribution is -0.394. The van der Waals surface area contributed by atoms with Gasteiger partial charge >= 0.3 is 11.7 Å². The predicted octanol–water partition coefficient (Wildman–Crippen LogP) is 1.82. The summed E-state index contributed by atoms with van der Waals surface area (Å²) in [7, 11) is 0. The summed E-state index contributed by atoms with van der Waals surface area (Å²) in [5.74, 6) is -0.950. The number of non-ortho nitro benzene ring substituents is 1. The minimum absolute atomic E-state index is 0.0497. The third kappa shape index (κ3) is 2.97. The van der Waals surface area contributed by atoms with E-state index < -0.39 is 27.2 Å². The first-order valence-electron chi connectivity index (χ1n) is 4.59. The first-order chi connectivity index (χ1) is 7.95. The molecule has 0 saturated heterocycles. The first kappa shape index (κ1) is 12.6. The van der Waals surface area contributed by atoms with Gasteiger partial charge in [0.2, 0.25) is 5.75 Å². The molecule has 8 heteroatoms. The Hall–Kier alpha value is -2.51. The van der Waals surface area contributed by atoms with Crippen molar-refractivity contribution in [1.82, 2.24) is 0 Å². The third-order valence-electron chi connectivity index (χ3n) is 1.86. The molecule has 0 aliphatic carbocycles. The van der Waals surface area contributed by atoms with Crippen LogP contribution >= 0.6 is 0 Å². The van der Waals surface area contributed by atoms with Gasteiger partial charge in [0.25, 0.3) is 5.69 Å². The maximum atomic E-state index is 11.0. The van der Waals surface area contributed by atoms with E-state index >= 15 is 0 Å². The Labute approximate surface area is 95.1 Å². The molecule has 0 unspecified atom stereocenters. The number of ether oxygens (including phenoxy) is 1. The van der Waals surface area contributed by atoms with Crippen LogP contribution in [0.15, 0.2) is 18.2 Å². The maximum Gasteiger partial charge on any atom is 0.318 e. The molecule has 0 radical (unpaired) electrons. The van der Waals surface area contributed by atoms with Gasteiger partial charge in [-0.25, -0.2) is 0 Å². The molecule has 0 atom stereocenters. The topological polar surface area (TPSA) is 113 Å². The summed E-state index contributed by atoms with van der Waals surface area (Å²) in [6.45, 7) is 1.53. The summed E-state index contributed by atoms with van der Waals surface area (Å²) in [4.78, 5) is 30.5. The molecule has 1 aromatic rings. The molecular weight excluding hydrogens is 232 g/mol. The first-order valence-corrected chi connectivity index (χ1v) is 4.59. The van der Waals surface area contributed by atoms with Gasteiger partial charge in [0, 0.05) is 12.5 Å². The van der Waals surface area contributed by atoms with Gasteiger partial charge in [0.1, 0.15) is 0 Å². The highest BCUT2D eigenvalue weighted by molar-refractivity contribution is 5.73. The molecule has 0 aliphatic heterocycles. The number of esters is 1. The quantitative estimate of drug-likeness (QED) is 0.343. The predicted molar refractivity (Wildman–Crippen MR) is 55.7 cm³/mol. The smallest absolute Gasteiger partial charge is 0.318 e. The van der Waals surface area contributed by atoms with Crippen molar-refractivity contribution in [3.8, 4) is 5.75 Å². The summed E-state index contributed by atoms with van der Waals surface area (Å²) < 4.78 is 4.69. The van der Waals surface area contributed by atoms with Gasteiger partial charge in [-0.1, -0.05) is 6.92 Å². The van der Waals surface area contributed by atoms with Gasteiger partial charge < -0.3 is 4.74 Å². The fourth-order valence-electron chi connectivity index (χ4n) is 1.04. The largest absolute Gasteiger partial charge is 0.419 e. The van der Waals surface area contributed by atoms with E-state index in [0.717, 1.165) is 18.2 Å². The summed E-state index contributed by atoms with van der Waals surface area (Å²) in [5, 5.41) is 21.1. The molecule has 17 heavy (non-hydrogen) atoms. The Morgan fingerprint density at radius 1 is 1.29 bits per heavy atom. The number of carbonyl (C=O) groups is 1. The molecule has 0 fully saturated rings. The van der Waals surface area contributed by atoms with E-state index in [2.05, 4.69) is 4.74 Å². The van der Waals surface area contributed by atoms with Crippen LogP contribution in [0.25, 0.3) is 0 Å². The van der Waals surface area contributed by atoms with Crippen LogP contribution in [0.4, 0.5) is 11.4 Å². The average Bonchev–Trinajstić information content (AvgIpc) is 2.28. The Morgan fingerprint density at radius 3 is 2.41 bits per heavy atom. The maximum absolute atomic E-state index is 11.0. The van der Waals surface area contributed by atoms with E-state index in [1.54, 1.807) is 0 Å². The van der Waals surface area contributed by atoms with Crippen molar-refractivity contribution < 1.29 is 19.4 Å². The molecule has 0 heterocycles. The lowest BCUT2D eigenvalue weighted by atomic mass is 10.2. The van der Waals surface area contributed by atoms with E-state index in [-0.39, 0.29) is 12.2 Å². The Morgan fingerprint density at radius 2 is 1.94 bits per heavy atom. The van der Waals surface area contributed by atoms with Crippen LogP contribution in [-0.4, -0.2) is 15.8 Å². The van der Waals surface area contributed by atoms with E-state index in [4.69, 9.17) is 0 Å². The van der Waals surface area contributed by atoms with Gasteiger partial charge in [-0.15, -0.1) is 0 Å². The molecule has 0 saturated carbocycles. The summed E-state index contributed by atoms with van der Waals surface area (Å²) in [5.41, 5.74) is -1.05. The van der Waals surface area contributed by atoms with Crippen molar-refractivity contribution in [2.45, 2.75) is 13.3 Å². The number of nitrogens with zero attached hydrogens (tertiary/aromatic N) is 2. The second kappa shape index (κ2) is 5.01. The number of hydrogen-bond donors (Lipinski definition) is 0. The lowest BCUT2D eigenvalue weighted by Crippen LogP contribution is -2.07. The van der Waals surface area contributed by atoms with Gasteiger partial charge in [-0.3, -0.25) is 25.0 Å². The van der Waals surface area contributed by atoms with Gasteiger partial charge in [0.15, 0.2) is 0 Å². The van der Waals surface area contributed by atoms with Gasteiger partial charge in [-0.2, -0.15) is 0 Å². The Kier molecular flexibility index (Phi) is 3.70. The number of benzene rings is 1. The standard InChI is InChI=1S/C9H8N2O6/c1-2-9(12)17-8-4-3-6(10(13)14)5-7(8)11(15)16/h3-5H,2H2,1H3. The molecular formula is C9H8N2O6. The molecule has 0 N–H and O–H groups in total. The van der Waals surface area contributed by atoms with Crippen LogP contribution in [0, 0.1) is 20.2 Å². The third-order valence-corrected chi connectivity index (χ3v) is 1.86. The SMILES string of the molecule is CCC(=O)Oc1ccc([N+](=O)[O-])cc1[N+](=O)[O-]. The van der Waals surface area contributed by atoms with Crippen molar-refractivity contribution in [2.24, 2.45) is 0 Å². The van der Waals surface area contributed by atoms with Crippen molar-refractivity contribution in [3.63, 3.8) is 0 Å². The highest BCUT2D eigenvalue weighted by Gasteiger charge is 2.21. The van der Waals surface area contributed by atoms with Crippen molar-refractivity contribution >= 4 is 17.3 Å². The highest BCUT2D eigenvalue weighted by Crippen LogP contribution is 2.31. The van der Waals surface area contributed by atoms with Crippen LogP contribution in [0.1, 0.15) is 13.3 Å². The van der Waals surface area contributed by atoms with Crippen LogP contribution in [0.3, 0.4) is 0 Å². The number of rotatable bonds is 4. The van der Waals surface area contributed by atoms with Crippen molar-refractivity contribution in [3.05, 3.63) is 38.4 Å². The number of nitro groups is 2. The molecule has 0 amide bonds. The summed E-state index contributed by atoms with van der Waals surface area (Å²) in [6.07, 6.45) is 0.0497. The minimum Gasteiger partial charge on any atom is -0.419 e. The van der Waals surface area contributed by atoms with Crippen molar-refractivity contribution in [1.29, 1.82) is 0 Å². The molecule has 0 spiro atoms. The van der Waals surface area contributed by atoms with Gasteiger partial charge in [0.05, 0.1) is 15.9 Å². The zero-order chi connectivity index (χ0) is 13.0. The zero-order valence-corrected chi connectivity index (χ0v) is 8.78. The molecule has 90 valence electrons. The zero-order valence-electron chi connectivity index (χ0n) is 8.78. The normalized spacial score (nSPS) is 9.71. The molecule has 1 aromatic carbocycles. The fraction of sp³-hybridized carbons (Fsp3) is 0.222. The molecule has 0 aromatic heterocycles. The molecule has 1 rings (SSSR count). The highest BCUT2D eigenvalue weighted by atomic mass is 16.6. The van der Waals surface area contributed by atoms with Crippen LogP contribution in [0.5, 0.6) is 5.75 Å². The van der Waals surface area contributed by atoms with Gasteiger partial charge in [-0.05, 0) is 6.07 Å². The van der Waals surface area contributed by atoms with Crippen LogP contribution < -0.4 is 4.74 Å². The van der Waals surface area contributed by atoms with E-state index in [1.807, 2.05) is 0 Å². The molecule has 0 bridgehead atoms. The second-order valence-corrected chi connectivity index (χ2v) is 2.99. The van der Waals surface area contributed by atoms with Crippen molar-refractivity contribution in [2.75, 3.05) is 0 Å². The van der Waals surface area contributed by atoms with Crippen LogP contribution in [0.2, 0.25) is 0 Å². The van der Waals surface area contributed by atoms with E-state index in [9.17, 15) is 25.0 Å². The monoisotopic (exact) mass is 240 g/mol. The second-order valence-electron chi connectivity index (χ2n) is 2.99. The number of hydrogen-bond acceptors (Lipinski definition) is 6. The fourth-order valence-corrected chi connectivity index (χ4v) is 1.04. The Bertz CT molecular complexity index is 484. The Balaban J connectivity index is 3.17. The average molecular weight is 240 g/mol. The number of carbonyl (C=O) groups excluding carboxylic acids is 1. The minimum atomic E-state index is -0.842.